The van der Waals surface area contributed by atoms with Gasteiger partial charge in [0.1, 0.15) is 5.75 Å². The number of carbonyl (C=O) groups is 1. The summed E-state index contributed by atoms with van der Waals surface area (Å²) in [7, 11) is 0. The smallest absolute Gasteiger partial charge is 0.393 e. The number of aliphatic hydroxyl groups excluding tert-OH is 1. The maximum absolute atomic E-state index is 12.3. The average Bonchev–Trinajstić information content (AvgIpc) is 3.01. The third-order valence-corrected chi connectivity index (χ3v) is 5.72. The van der Waals surface area contributed by atoms with Crippen molar-refractivity contribution >= 4 is 23.0 Å². The fraction of sp³-hybridized carbons (Fsp3) is 0.750. The second-order valence-electron chi connectivity index (χ2n) is 7.12. The fourth-order valence-electron chi connectivity index (χ4n) is 1.95. The van der Waals surface area contributed by atoms with Crippen molar-refractivity contribution in [2.24, 2.45) is 0 Å². The predicted octanol–water partition coefficient (Wildman–Crippen LogP) is 2.38. The molecule has 0 aromatic carbocycles. The highest BCUT2D eigenvalue weighted by Crippen LogP contribution is 2.28. The van der Waals surface area contributed by atoms with Gasteiger partial charge in [-0.3, -0.25) is 10.1 Å². The number of aromatic nitrogens is 1. The fourth-order valence-corrected chi connectivity index (χ4v) is 3.13. The summed E-state index contributed by atoms with van der Waals surface area (Å²) < 4.78 is 57.8. The van der Waals surface area contributed by atoms with Crippen molar-refractivity contribution in [3.05, 3.63) is 11.8 Å². The molecule has 156 valence electrons. The Morgan fingerprint density at radius 3 is 2.56 bits per heavy atom. The first kappa shape index (κ1) is 23.7. The Bertz CT molecular complexity index is 619. The summed E-state index contributed by atoms with van der Waals surface area (Å²) in [6, 6.07) is 1.47. The minimum Gasteiger partial charge on any atom is -0.616 e. The zero-order chi connectivity index (χ0) is 20.9. The Labute approximate surface area is 158 Å². The minimum atomic E-state index is -4.44. The van der Waals surface area contributed by atoms with Crippen LogP contribution in [0.4, 0.5) is 19.1 Å². The van der Waals surface area contributed by atoms with E-state index in [2.05, 4.69) is 10.5 Å². The van der Waals surface area contributed by atoms with Crippen LogP contribution in [0, 0.1) is 0 Å². The SMILES string of the molecule is CC(C)(COCCO)c1cc(NC(=O)C(C)(C)[S+]([O-])CCC(F)(F)F)on1. The third-order valence-electron chi connectivity index (χ3n) is 3.83. The van der Waals surface area contributed by atoms with Gasteiger partial charge in [0, 0.05) is 11.5 Å². The maximum Gasteiger partial charge on any atom is 0.393 e. The average molecular weight is 414 g/mol. The Balaban J connectivity index is 2.72. The lowest BCUT2D eigenvalue weighted by atomic mass is 9.90. The Morgan fingerprint density at radius 2 is 2.00 bits per heavy atom. The number of nitrogens with zero attached hydrogens (tertiary/aromatic N) is 1. The second kappa shape index (κ2) is 9.26. The first-order chi connectivity index (χ1) is 12.3. The van der Waals surface area contributed by atoms with Crippen molar-refractivity contribution in [2.45, 2.75) is 50.5 Å². The Kier molecular flexibility index (Phi) is 8.14. The normalized spacial score (nSPS) is 14.3. The van der Waals surface area contributed by atoms with Gasteiger partial charge in [-0.05, 0) is 25.0 Å². The Morgan fingerprint density at radius 1 is 1.37 bits per heavy atom. The first-order valence-electron chi connectivity index (χ1n) is 8.22. The predicted molar refractivity (Wildman–Crippen MR) is 93.8 cm³/mol. The van der Waals surface area contributed by atoms with Crippen LogP contribution < -0.4 is 5.32 Å². The minimum absolute atomic E-state index is 0.00821. The van der Waals surface area contributed by atoms with E-state index in [0.29, 0.717) is 5.69 Å². The quantitative estimate of drug-likeness (QED) is 0.450. The molecule has 1 amide bonds. The van der Waals surface area contributed by atoms with Gasteiger partial charge < -0.3 is 18.9 Å². The highest BCUT2D eigenvalue weighted by atomic mass is 32.2. The first-order valence-corrected chi connectivity index (χ1v) is 9.54. The van der Waals surface area contributed by atoms with Crippen molar-refractivity contribution < 1.29 is 36.9 Å². The van der Waals surface area contributed by atoms with Crippen LogP contribution in [0.15, 0.2) is 10.6 Å². The van der Waals surface area contributed by atoms with Crippen molar-refractivity contribution in [1.82, 2.24) is 5.16 Å². The topological polar surface area (TPSA) is 108 Å². The lowest BCUT2D eigenvalue weighted by Crippen LogP contribution is -2.46. The van der Waals surface area contributed by atoms with E-state index in [-0.39, 0.29) is 25.7 Å². The van der Waals surface area contributed by atoms with Crippen molar-refractivity contribution in [3.8, 4) is 0 Å². The molecule has 1 heterocycles. The molecule has 1 aromatic rings. The summed E-state index contributed by atoms with van der Waals surface area (Å²) in [5.41, 5.74) is -0.0843. The molecule has 1 aromatic heterocycles. The molecule has 1 unspecified atom stereocenters. The van der Waals surface area contributed by atoms with Crippen molar-refractivity contribution in [2.75, 3.05) is 30.9 Å². The number of ether oxygens (including phenoxy) is 1. The van der Waals surface area contributed by atoms with Crippen LogP contribution in [0.3, 0.4) is 0 Å². The van der Waals surface area contributed by atoms with Gasteiger partial charge in [-0.15, -0.1) is 0 Å². The van der Waals surface area contributed by atoms with Crippen LogP contribution in [0.1, 0.15) is 39.8 Å². The zero-order valence-electron chi connectivity index (χ0n) is 15.7. The summed E-state index contributed by atoms with van der Waals surface area (Å²) in [5, 5.41) is 15.0. The van der Waals surface area contributed by atoms with Crippen LogP contribution in [0.5, 0.6) is 0 Å². The molecular weight excluding hydrogens is 389 g/mol. The van der Waals surface area contributed by atoms with E-state index in [1.807, 2.05) is 13.8 Å². The van der Waals surface area contributed by atoms with Crippen molar-refractivity contribution in [3.63, 3.8) is 0 Å². The van der Waals surface area contributed by atoms with Crippen LogP contribution in [-0.2, 0) is 26.1 Å². The molecule has 0 saturated carbocycles. The molecule has 11 heteroatoms. The molecule has 2 N–H and O–H groups in total. The van der Waals surface area contributed by atoms with Crippen LogP contribution in [0.2, 0.25) is 0 Å². The molecule has 0 spiro atoms. The molecule has 0 radical (unpaired) electrons. The molecule has 27 heavy (non-hydrogen) atoms. The molecular formula is C16H25F3N2O5S. The third kappa shape index (κ3) is 7.32. The molecule has 7 nitrogen and oxygen atoms in total. The second-order valence-corrected chi connectivity index (χ2v) is 9.24. The van der Waals surface area contributed by atoms with E-state index in [1.165, 1.54) is 19.9 Å². The van der Waals surface area contributed by atoms with Gasteiger partial charge in [-0.25, -0.2) is 0 Å². The number of alkyl halides is 3. The molecule has 0 aliphatic carbocycles. The molecule has 0 bridgehead atoms. The van der Waals surface area contributed by atoms with Gasteiger partial charge in [0.25, 0.3) is 5.91 Å². The van der Waals surface area contributed by atoms with Crippen LogP contribution in [-0.4, -0.2) is 57.2 Å². The Hall–Kier alpha value is -1.30. The summed E-state index contributed by atoms with van der Waals surface area (Å²) in [4.78, 5) is 12.3. The molecule has 0 saturated heterocycles. The number of anilines is 1. The lowest BCUT2D eigenvalue weighted by Gasteiger charge is -2.27. The van der Waals surface area contributed by atoms with Gasteiger partial charge in [0.05, 0.1) is 31.9 Å². The van der Waals surface area contributed by atoms with E-state index < -0.39 is 45.6 Å². The van der Waals surface area contributed by atoms with Crippen LogP contribution >= 0.6 is 0 Å². The number of rotatable bonds is 10. The van der Waals surface area contributed by atoms with Gasteiger partial charge in [0.15, 0.2) is 4.75 Å². The number of aliphatic hydroxyl groups is 1. The standard InChI is InChI=1S/C16H25F3N2O5S/c1-14(2,10-25-7-6-22)11-9-12(26-21-11)20-13(23)15(3,4)27(24)8-5-16(17,18)19/h9,22H,5-8,10H2,1-4H3,(H,20,23). The summed E-state index contributed by atoms with van der Waals surface area (Å²) in [6.07, 6.45) is -5.67. The number of hydrogen-bond donors (Lipinski definition) is 2. The molecule has 0 aliphatic heterocycles. The van der Waals surface area contributed by atoms with E-state index in [1.54, 1.807) is 0 Å². The monoisotopic (exact) mass is 414 g/mol. The highest BCUT2D eigenvalue weighted by molar-refractivity contribution is 7.93. The molecule has 1 atom stereocenters. The molecule has 0 fully saturated rings. The van der Waals surface area contributed by atoms with E-state index in [0.717, 1.165) is 0 Å². The van der Waals surface area contributed by atoms with Crippen LogP contribution in [0.25, 0.3) is 0 Å². The highest BCUT2D eigenvalue weighted by Gasteiger charge is 2.42. The zero-order valence-corrected chi connectivity index (χ0v) is 16.5. The van der Waals surface area contributed by atoms with Gasteiger partial charge in [0.2, 0.25) is 5.88 Å². The molecule has 0 aliphatic rings. The van der Waals surface area contributed by atoms with Gasteiger partial charge in [-0.1, -0.05) is 19.0 Å². The number of amides is 1. The number of hydrogen-bond acceptors (Lipinski definition) is 6. The van der Waals surface area contributed by atoms with E-state index in [9.17, 15) is 22.5 Å². The summed E-state index contributed by atoms with van der Waals surface area (Å²) in [6.45, 7) is 6.56. The van der Waals surface area contributed by atoms with Gasteiger partial charge >= 0.3 is 6.18 Å². The summed E-state index contributed by atoms with van der Waals surface area (Å²) in [5.74, 6) is -1.41. The van der Waals surface area contributed by atoms with E-state index >= 15 is 0 Å². The van der Waals surface area contributed by atoms with Crippen molar-refractivity contribution in [1.29, 1.82) is 0 Å². The number of halogens is 3. The molecule has 1 rings (SSSR count). The largest absolute Gasteiger partial charge is 0.616 e. The number of carbonyl (C=O) groups excluding carboxylic acids is 1. The van der Waals surface area contributed by atoms with Gasteiger partial charge in [-0.2, -0.15) is 13.2 Å². The van der Waals surface area contributed by atoms with E-state index in [4.69, 9.17) is 14.4 Å². The number of nitrogens with one attached hydrogen (secondary N) is 1. The lowest BCUT2D eigenvalue weighted by molar-refractivity contribution is -0.130. The summed E-state index contributed by atoms with van der Waals surface area (Å²) >= 11 is -2.03. The maximum atomic E-state index is 12.3.